The summed E-state index contributed by atoms with van der Waals surface area (Å²) in [4.78, 5) is 47.7. The molecule has 0 aromatic heterocycles. The van der Waals surface area contributed by atoms with E-state index in [1.165, 1.54) is 27.4 Å². The van der Waals surface area contributed by atoms with Crippen LogP contribution in [0.1, 0.15) is 21.8 Å². The van der Waals surface area contributed by atoms with Gasteiger partial charge in [0.25, 0.3) is 0 Å². The number of aliphatic hydroxyl groups is 1. The molecule has 0 bridgehead atoms. The highest BCUT2D eigenvalue weighted by molar-refractivity contribution is 5.98. The van der Waals surface area contributed by atoms with E-state index in [0.717, 1.165) is 24.3 Å². The summed E-state index contributed by atoms with van der Waals surface area (Å²) in [6.07, 6.45) is 1.63. The fraction of sp³-hybridized carbons (Fsp3) is 0.310. The van der Waals surface area contributed by atoms with E-state index in [-0.39, 0.29) is 27.0 Å². The van der Waals surface area contributed by atoms with Crippen LogP contribution in [-0.2, 0) is 38.2 Å². The maximum absolute atomic E-state index is 11.0. The lowest BCUT2D eigenvalue weighted by atomic mass is 10.3. The molecule has 0 spiro atoms. The molecule has 42 heavy (non-hydrogen) atoms. The molecule has 234 valence electrons. The molecule has 0 radical (unpaired) electrons. The van der Waals surface area contributed by atoms with E-state index in [4.69, 9.17) is 29.9 Å². The summed E-state index contributed by atoms with van der Waals surface area (Å²) in [5, 5.41) is 10.1. The number of ether oxygens (including phenoxy) is 5. The molecule has 13 nitrogen and oxygen atoms in total. The van der Waals surface area contributed by atoms with Gasteiger partial charge in [-0.15, -0.1) is 0 Å². The molecule has 2 aromatic carbocycles. The zero-order chi connectivity index (χ0) is 31.3. The smallest absolute Gasteiger partial charge is 0.384 e. The van der Waals surface area contributed by atoms with Gasteiger partial charge in [0.1, 0.15) is 11.5 Å². The van der Waals surface area contributed by atoms with Gasteiger partial charge in [-0.3, -0.25) is 0 Å². The van der Waals surface area contributed by atoms with Crippen LogP contribution in [0.3, 0.4) is 0 Å². The Labute approximate surface area is 247 Å². The summed E-state index contributed by atoms with van der Waals surface area (Å²) >= 11 is 0. The molecule has 2 rings (SSSR count). The Hall–Kier alpha value is -5.31. The number of aliphatic hydroxyl groups excluding tert-OH is 1. The molecule has 0 saturated heterocycles. The van der Waals surface area contributed by atoms with Crippen LogP contribution in [0, 0.1) is 11.8 Å². The molecule has 0 aliphatic carbocycles. The molecule has 13 heteroatoms. The Morgan fingerprint density at radius 2 is 1.17 bits per heavy atom. The highest BCUT2D eigenvalue weighted by Crippen LogP contribution is 2.24. The molecule has 0 aliphatic heterocycles. The summed E-state index contributed by atoms with van der Waals surface area (Å²) in [6, 6.07) is 14.9. The van der Waals surface area contributed by atoms with E-state index in [1.807, 2.05) is 54.3 Å². The number of carbonyl (C=O) groups is 3. The quantitative estimate of drug-likeness (QED) is 0.114. The van der Waals surface area contributed by atoms with E-state index in [9.17, 15) is 14.4 Å². The van der Waals surface area contributed by atoms with Crippen molar-refractivity contribution in [1.29, 1.82) is 0 Å². The number of para-hydroxylation sites is 4. The van der Waals surface area contributed by atoms with Crippen LogP contribution < -0.4 is 20.5 Å². The molecule has 0 amide bonds. The molecular formula is C29H42N2O11. The number of carbonyl (C=O) groups excluding carboxylic acids is 5. The summed E-state index contributed by atoms with van der Waals surface area (Å²) < 4.78 is 22.9. The van der Waals surface area contributed by atoms with Gasteiger partial charge in [0.05, 0.1) is 46.9 Å². The van der Waals surface area contributed by atoms with E-state index >= 15 is 0 Å². The maximum Gasteiger partial charge on any atom is 0.384 e. The number of nitrogens with two attached hydrogens (primary N) is 1. The van der Waals surface area contributed by atoms with Crippen LogP contribution >= 0.6 is 0 Å². The van der Waals surface area contributed by atoms with E-state index < -0.39 is 11.9 Å². The molecular weight excluding hydrogens is 552 g/mol. The minimum atomic E-state index is -0.759. The summed E-state index contributed by atoms with van der Waals surface area (Å²) in [5.74, 6) is 3.34. The Kier molecular flexibility index (Phi) is 35.4. The first-order valence-corrected chi connectivity index (χ1v) is 10.8. The third-order valence-electron chi connectivity index (χ3n) is 3.75. The van der Waals surface area contributed by atoms with Crippen LogP contribution in [0.5, 0.6) is 11.5 Å². The Bertz CT molecular complexity index is 1130. The fourth-order valence-electron chi connectivity index (χ4n) is 2.10. The van der Waals surface area contributed by atoms with E-state index in [2.05, 4.69) is 19.5 Å². The van der Waals surface area contributed by atoms with Gasteiger partial charge >= 0.3 is 24.1 Å². The van der Waals surface area contributed by atoms with Crippen molar-refractivity contribution in [1.82, 2.24) is 0 Å². The summed E-state index contributed by atoms with van der Waals surface area (Å²) in [7, 11) is 7.89. The normalized spacial score (nSPS) is 8.05. The first-order valence-electron chi connectivity index (χ1n) is 10.8. The fourth-order valence-corrected chi connectivity index (χ4v) is 2.10. The van der Waals surface area contributed by atoms with E-state index in [0.29, 0.717) is 11.4 Å². The van der Waals surface area contributed by atoms with Gasteiger partial charge in [0.2, 0.25) is 0 Å². The van der Waals surface area contributed by atoms with Crippen LogP contribution in [-0.4, -0.2) is 71.8 Å². The van der Waals surface area contributed by atoms with Crippen molar-refractivity contribution >= 4 is 35.4 Å². The van der Waals surface area contributed by atoms with Crippen LogP contribution in [0.4, 0.5) is 11.4 Å². The number of anilines is 2. The zero-order valence-electron chi connectivity index (χ0n) is 23.3. The number of esters is 3. The van der Waals surface area contributed by atoms with Gasteiger partial charge in [-0.05, 0) is 31.2 Å². The first-order chi connectivity index (χ1) is 19.1. The van der Waals surface area contributed by atoms with Crippen molar-refractivity contribution in [3.63, 3.8) is 0 Å². The van der Waals surface area contributed by atoms with Crippen LogP contribution in [0.25, 0.3) is 0 Å². The largest absolute Gasteiger partial charge is 0.495 e. The van der Waals surface area contributed by atoms with Gasteiger partial charge in [-0.25, -0.2) is 14.4 Å². The van der Waals surface area contributed by atoms with Crippen molar-refractivity contribution in [3.8, 4) is 23.3 Å². The lowest BCUT2D eigenvalue weighted by Crippen LogP contribution is -2.03. The first kappa shape index (κ1) is 46.5. The third-order valence-corrected chi connectivity index (χ3v) is 3.75. The Morgan fingerprint density at radius 1 is 0.762 bits per heavy atom. The number of hydrogen-bond donors (Lipinski definition) is 3. The van der Waals surface area contributed by atoms with Crippen molar-refractivity contribution in [2.45, 2.75) is 21.8 Å². The lowest BCUT2D eigenvalue weighted by Gasteiger charge is -2.10. The molecule has 2 aromatic rings. The second kappa shape index (κ2) is 31.9. The standard InChI is InChI=1S/C12H15NO3.C7H9NO.C6H6O4.CO2.CH4O.2CH4/c1-9(8-12(14)16-3)13-10-6-4-5-7-11(10)15-2;1-9-7-5-3-2-4-6(7)8;1-9-5(7)3-4-6(8)10-2;2-1-3;1-2;;/h4-8,13H,1-3H3;2-5H,8H2,1H3;1-2H3;;2H,1H3;2*1H4/b9-8+;;;;;;. The predicted octanol–water partition coefficient (Wildman–Crippen LogP) is 3.09. The number of hydrogen-bond acceptors (Lipinski definition) is 13. The minimum Gasteiger partial charge on any atom is -0.495 e. The monoisotopic (exact) mass is 594 g/mol. The van der Waals surface area contributed by atoms with Crippen molar-refractivity contribution < 1.29 is 52.8 Å². The highest BCUT2D eigenvalue weighted by Gasteiger charge is 2.02. The number of rotatable bonds is 5. The molecule has 0 aliphatic rings. The van der Waals surface area contributed by atoms with Crippen LogP contribution in [0.2, 0.25) is 0 Å². The maximum atomic E-state index is 11.0. The number of benzene rings is 2. The molecule has 0 heterocycles. The summed E-state index contributed by atoms with van der Waals surface area (Å²) in [5.41, 5.74) is 7.69. The van der Waals surface area contributed by atoms with Crippen molar-refractivity contribution in [2.75, 3.05) is 53.7 Å². The Balaban J connectivity index is -0.000000154. The minimum absolute atomic E-state index is 0. The van der Waals surface area contributed by atoms with Gasteiger partial charge in [-0.2, -0.15) is 9.59 Å². The third kappa shape index (κ3) is 25.0. The second-order valence-electron chi connectivity index (χ2n) is 6.23. The van der Waals surface area contributed by atoms with Crippen molar-refractivity contribution in [2.24, 2.45) is 0 Å². The zero-order valence-corrected chi connectivity index (χ0v) is 23.3. The van der Waals surface area contributed by atoms with Gasteiger partial charge in [0.15, 0.2) is 0 Å². The van der Waals surface area contributed by atoms with Gasteiger partial charge < -0.3 is 39.8 Å². The molecule has 0 saturated carbocycles. The number of methoxy groups -OCH3 is 5. The number of allylic oxidation sites excluding steroid dienone is 1. The van der Waals surface area contributed by atoms with Crippen molar-refractivity contribution in [3.05, 3.63) is 60.3 Å². The summed E-state index contributed by atoms with van der Waals surface area (Å²) in [6.45, 7) is 1.78. The second-order valence-corrected chi connectivity index (χ2v) is 6.23. The molecule has 4 N–H and O–H groups in total. The van der Waals surface area contributed by atoms with Gasteiger partial charge in [0, 0.05) is 30.7 Å². The highest BCUT2D eigenvalue weighted by atomic mass is 16.5. The van der Waals surface area contributed by atoms with E-state index in [1.54, 1.807) is 27.2 Å². The number of nitrogens with one attached hydrogen (secondary N) is 1. The number of nitrogen functional groups attached to an aromatic ring is 1. The molecule has 0 unspecified atom stereocenters. The lowest BCUT2D eigenvalue weighted by molar-refractivity contribution is -0.191. The van der Waals surface area contributed by atoms with Gasteiger partial charge in [-0.1, -0.05) is 39.1 Å². The average Bonchev–Trinajstić information content (AvgIpc) is 2.98. The topological polar surface area (TPSA) is 190 Å². The Morgan fingerprint density at radius 3 is 1.52 bits per heavy atom. The molecule has 0 fully saturated rings. The SMILES string of the molecule is C.C.CO.COC(=O)/C=C(\C)Nc1ccccc1OC.COC(=O)C#CC(=O)OC.COc1ccccc1N.O=C=O. The van der Waals surface area contributed by atoms with Crippen LogP contribution in [0.15, 0.2) is 60.3 Å². The molecule has 0 atom stereocenters. The average molecular weight is 595 g/mol. The predicted molar refractivity (Wildman–Crippen MR) is 158 cm³/mol.